The van der Waals surface area contributed by atoms with Crippen molar-refractivity contribution in [3.63, 3.8) is 0 Å². The molecule has 0 saturated heterocycles. The fraction of sp³-hybridized carbons (Fsp3) is 0.214. The number of benzene rings is 1. The molecule has 3 rings (SSSR count). The summed E-state index contributed by atoms with van der Waals surface area (Å²) < 4.78 is 32.3. The largest absolute Gasteiger partial charge is 0.465 e. The van der Waals surface area contributed by atoms with Crippen LogP contribution in [0.2, 0.25) is 0 Å². The average molecular weight is 306 g/mol. The van der Waals surface area contributed by atoms with E-state index in [0.29, 0.717) is 17.0 Å². The van der Waals surface area contributed by atoms with Crippen LogP contribution in [0.25, 0.3) is 0 Å². The van der Waals surface area contributed by atoms with Crippen molar-refractivity contribution in [3.8, 4) is 0 Å². The highest BCUT2D eigenvalue weighted by Gasteiger charge is 2.21. The van der Waals surface area contributed by atoms with E-state index in [1.165, 1.54) is 12.1 Å². The number of sulfonamides is 1. The summed E-state index contributed by atoms with van der Waals surface area (Å²) in [7, 11) is -3.64. The van der Waals surface area contributed by atoms with Crippen LogP contribution in [0.1, 0.15) is 17.1 Å². The summed E-state index contributed by atoms with van der Waals surface area (Å²) in [5, 5.41) is 2.67. The van der Waals surface area contributed by atoms with Gasteiger partial charge in [0.1, 0.15) is 11.5 Å². The first-order chi connectivity index (χ1) is 9.94. The molecule has 2 aromatic rings. The fourth-order valence-corrected chi connectivity index (χ4v) is 3.25. The van der Waals surface area contributed by atoms with E-state index in [1.54, 1.807) is 25.1 Å². The second kappa shape index (κ2) is 5.01. The van der Waals surface area contributed by atoms with E-state index >= 15 is 0 Å². The van der Waals surface area contributed by atoms with Gasteiger partial charge in [-0.15, -0.1) is 0 Å². The lowest BCUT2D eigenvalue weighted by Gasteiger charge is -2.07. The molecule has 0 spiro atoms. The molecule has 0 radical (unpaired) electrons. The quantitative estimate of drug-likeness (QED) is 0.897. The van der Waals surface area contributed by atoms with Gasteiger partial charge in [-0.3, -0.25) is 4.79 Å². The van der Waals surface area contributed by atoms with Gasteiger partial charge in [-0.25, -0.2) is 13.1 Å². The molecular formula is C14H14N2O4S. The molecule has 0 unspecified atom stereocenters. The normalized spacial score (nSPS) is 14.0. The maximum absolute atomic E-state index is 12.2. The molecule has 0 bridgehead atoms. The van der Waals surface area contributed by atoms with Gasteiger partial charge in [0.15, 0.2) is 0 Å². The number of anilines is 1. The number of rotatable bonds is 4. The van der Waals surface area contributed by atoms with Crippen molar-refractivity contribution in [3.05, 3.63) is 47.4 Å². The van der Waals surface area contributed by atoms with Crippen molar-refractivity contribution >= 4 is 21.6 Å². The number of aryl methyl sites for hydroxylation is 1. The third-order valence-electron chi connectivity index (χ3n) is 3.24. The SMILES string of the molecule is Cc1ccc(CNS(=O)(=O)c2ccc3c(c2)CC(=O)N3)o1. The highest BCUT2D eigenvalue weighted by Crippen LogP contribution is 2.25. The molecule has 0 fully saturated rings. The van der Waals surface area contributed by atoms with Crippen LogP contribution in [0.4, 0.5) is 5.69 Å². The zero-order valence-corrected chi connectivity index (χ0v) is 12.2. The lowest BCUT2D eigenvalue weighted by Crippen LogP contribution is -2.23. The van der Waals surface area contributed by atoms with Crippen molar-refractivity contribution in [1.82, 2.24) is 4.72 Å². The van der Waals surface area contributed by atoms with Crippen molar-refractivity contribution < 1.29 is 17.6 Å². The second-order valence-corrected chi connectivity index (χ2v) is 6.65. The summed E-state index contributed by atoms with van der Waals surface area (Å²) in [6, 6.07) is 8.09. The molecule has 2 heterocycles. The Balaban J connectivity index is 1.79. The number of nitrogens with one attached hydrogen (secondary N) is 2. The summed E-state index contributed by atoms with van der Waals surface area (Å²) in [4.78, 5) is 11.4. The fourth-order valence-electron chi connectivity index (χ4n) is 2.20. The number of amides is 1. The van der Waals surface area contributed by atoms with Crippen LogP contribution in [0, 0.1) is 6.92 Å². The first-order valence-electron chi connectivity index (χ1n) is 6.42. The minimum absolute atomic E-state index is 0.0877. The summed E-state index contributed by atoms with van der Waals surface area (Å²) in [6.45, 7) is 1.88. The average Bonchev–Trinajstić information content (AvgIpc) is 3.00. The minimum Gasteiger partial charge on any atom is -0.465 e. The topological polar surface area (TPSA) is 88.4 Å². The van der Waals surface area contributed by atoms with Crippen LogP contribution in [0.5, 0.6) is 0 Å². The second-order valence-electron chi connectivity index (χ2n) is 4.88. The van der Waals surface area contributed by atoms with Crippen LogP contribution < -0.4 is 10.0 Å². The third-order valence-corrected chi connectivity index (χ3v) is 4.64. The molecule has 1 aromatic heterocycles. The lowest BCUT2D eigenvalue weighted by molar-refractivity contribution is -0.115. The van der Waals surface area contributed by atoms with Crippen molar-refractivity contribution in [2.24, 2.45) is 0 Å². The van der Waals surface area contributed by atoms with Gasteiger partial charge < -0.3 is 9.73 Å². The Labute approximate surface area is 122 Å². The molecule has 21 heavy (non-hydrogen) atoms. The van der Waals surface area contributed by atoms with Crippen molar-refractivity contribution in [2.45, 2.75) is 24.8 Å². The van der Waals surface area contributed by atoms with Gasteiger partial charge in [0.25, 0.3) is 0 Å². The summed E-state index contributed by atoms with van der Waals surface area (Å²) >= 11 is 0. The molecule has 1 aliphatic rings. The van der Waals surface area contributed by atoms with E-state index in [1.807, 2.05) is 0 Å². The lowest BCUT2D eigenvalue weighted by atomic mass is 10.2. The molecule has 6 nitrogen and oxygen atoms in total. The molecule has 0 atom stereocenters. The molecule has 1 aliphatic heterocycles. The van der Waals surface area contributed by atoms with Gasteiger partial charge in [-0.1, -0.05) is 0 Å². The van der Waals surface area contributed by atoms with E-state index in [9.17, 15) is 13.2 Å². The van der Waals surface area contributed by atoms with Crippen LogP contribution in [0.15, 0.2) is 39.6 Å². The number of hydrogen-bond donors (Lipinski definition) is 2. The molecule has 2 N–H and O–H groups in total. The first kappa shape index (κ1) is 13.8. The molecule has 7 heteroatoms. The van der Waals surface area contributed by atoms with Gasteiger partial charge in [0, 0.05) is 5.69 Å². The Bertz CT molecular complexity index is 808. The minimum atomic E-state index is -3.64. The maximum atomic E-state index is 12.2. The third kappa shape index (κ3) is 2.84. The van der Waals surface area contributed by atoms with Crippen LogP contribution in [-0.4, -0.2) is 14.3 Å². The van der Waals surface area contributed by atoms with E-state index in [-0.39, 0.29) is 23.8 Å². The van der Waals surface area contributed by atoms with Crippen LogP contribution in [0.3, 0.4) is 0 Å². The van der Waals surface area contributed by atoms with Gasteiger partial charge in [-0.2, -0.15) is 0 Å². The zero-order valence-electron chi connectivity index (χ0n) is 11.3. The van der Waals surface area contributed by atoms with Gasteiger partial charge in [-0.05, 0) is 42.8 Å². The molecule has 0 aliphatic carbocycles. The number of furan rings is 1. The standard InChI is InChI=1S/C14H14N2O4S/c1-9-2-3-11(20-9)8-15-21(18,19)12-4-5-13-10(6-12)7-14(17)16-13/h2-6,15H,7-8H2,1H3,(H,16,17). The molecular weight excluding hydrogens is 292 g/mol. The smallest absolute Gasteiger partial charge is 0.240 e. The highest BCUT2D eigenvalue weighted by atomic mass is 32.2. The van der Waals surface area contributed by atoms with Gasteiger partial charge in [0.05, 0.1) is 17.9 Å². The van der Waals surface area contributed by atoms with E-state index in [2.05, 4.69) is 10.0 Å². The Morgan fingerprint density at radius 1 is 1.29 bits per heavy atom. The Morgan fingerprint density at radius 3 is 2.81 bits per heavy atom. The summed E-state index contributed by atoms with van der Waals surface area (Å²) in [6.07, 6.45) is 0.204. The van der Waals surface area contributed by atoms with Crippen LogP contribution in [-0.2, 0) is 27.8 Å². The number of carbonyl (C=O) groups excluding carboxylic acids is 1. The van der Waals surface area contributed by atoms with Crippen molar-refractivity contribution in [2.75, 3.05) is 5.32 Å². The van der Waals surface area contributed by atoms with Gasteiger partial charge >= 0.3 is 0 Å². The van der Waals surface area contributed by atoms with Crippen molar-refractivity contribution in [1.29, 1.82) is 0 Å². The Hall–Kier alpha value is -2.12. The first-order valence-corrected chi connectivity index (χ1v) is 7.90. The predicted octanol–water partition coefficient (Wildman–Crippen LogP) is 1.56. The number of hydrogen-bond acceptors (Lipinski definition) is 4. The predicted molar refractivity (Wildman–Crippen MR) is 76.2 cm³/mol. The Morgan fingerprint density at radius 2 is 2.10 bits per heavy atom. The molecule has 1 amide bonds. The summed E-state index contributed by atoms with van der Waals surface area (Å²) in [5.74, 6) is 1.15. The monoisotopic (exact) mass is 306 g/mol. The van der Waals surface area contributed by atoms with Gasteiger partial charge in [0.2, 0.25) is 15.9 Å². The number of carbonyl (C=O) groups is 1. The van der Waals surface area contributed by atoms with Crippen LogP contribution >= 0.6 is 0 Å². The number of fused-ring (bicyclic) bond motifs is 1. The molecule has 110 valence electrons. The Kier molecular flexibility index (Phi) is 3.30. The van der Waals surface area contributed by atoms with E-state index in [0.717, 1.165) is 5.76 Å². The molecule has 1 aromatic carbocycles. The van der Waals surface area contributed by atoms with E-state index in [4.69, 9.17) is 4.42 Å². The zero-order chi connectivity index (χ0) is 15.0. The summed E-state index contributed by atoms with van der Waals surface area (Å²) in [5.41, 5.74) is 1.36. The van der Waals surface area contributed by atoms with E-state index < -0.39 is 10.0 Å². The molecule has 0 saturated carbocycles. The highest BCUT2D eigenvalue weighted by molar-refractivity contribution is 7.89. The maximum Gasteiger partial charge on any atom is 0.240 e.